The smallest absolute Gasteiger partial charge is 0.257 e. The van der Waals surface area contributed by atoms with Gasteiger partial charge in [-0.25, -0.2) is 0 Å². The zero-order valence-electron chi connectivity index (χ0n) is 20.5. The maximum absolute atomic E-state index is 13.3. The zero-order valence-corrected chi connectivity index (χ0v) is 21.2. The van der Waals surface area contributed by atoms with Gasteiger partial charge in [-0.1, -0.05) is 58.4 Å². The summed E-state index contributed by atoms with van der Waals surface area (Å²) in [6.45, 7) is 12.6. The van der Waals surface area contributed by atoms with Crippen molar-refractivity contribution in [3.63, 3.8) is 0 Å². The fraction of sp³-hybridized carbons (Fsp3) is 0.462. The Hall–Kier alpha value is -2.53. The Balaban J connectivity index is 2.42. The molecule has 0 fully saturated rings. The third-order valence-corrected chi connectivity index (χ3v) is 5.97. The third kappa shape index (κ3) is 6.26. The Morgan fingerprint density at radius 2 is 1.66 bits per heavy atom. The summed E-state index contributed by atoms with van der Waals surface area (Å²) in [5.74, 6) is 0.151. The highest BCUT2D eigenvalue weighted by Gasteiger charge is 2.32. The number of amides is 2. The molecule has 0 aliphatic carbocycles. The number of halogens is 1. The molecule has 1 atom stereocenters. The Bertz CT molecular complexity index is 964. The van der Waals surface area contributed by atoms with Crippen molar-refractivity contribution in [1.29, 1.82) is 0 Å². The lowest BCUT2D eigenvalue weighted by atomic mass is 9.92. The van der Waals surface area contributed by atoms with E-state index in [0.717, 1.165) is 11.3 Å². The highest BCUT2D eigenvalue weighted by atomic mass is 35.5. The lowest BCUT2D eigenvalue weighted by molar-refractivity contribution is -0.143. The van der Waals surface area contributed by atoms with Crippen LogP contribution in [-0.2, 0) is 11.3 Å². The van der Waals surface area contributed by atoms with Crippen molar-refractivity contribution in [2.45, 2.75) is 54.1 Å². The van der Waals surface area contributed by atoms with E-state index in [1.54, 1.807) is 24.3 Å². The second kappa shape index (κ2) is 10.4. The number of rotatable bonds is 7. The van der Waals surface area contributed by atoms with E-state index in [2.05, 4.69) is 26.1 Å². The SMILES string of the molecule is CC(C)[C@H](C)N(Cc1cc(NC(=O)c2ccccc2Cl)ccc1N(C)C)C(=O)C(C)(C)C. The van der Waals surface area contributed by atoms with Gasteiger partial charge in [-0.15, -0.1) is 0 Å². The summed E-state index contributed by atoms with van der Waals surface area (Å²) in [6, 6.07) is 12.8. The number of nitrogens with one attached hydrogen (secondary N) is 1. The van der Waals surface area contributed by atoms with Gasteiger partial charge in [0.05, 0.1) is 10.6 Å². The van der Waals surface area contributed by atoms with Crippen LogP contribution in [0.2, 0.25) is 5.02 Å². The summed E-state index contributed by atoms with van der Waals surface area (Å²) in [5, 5.41) is 3.35. The maximum atomic E-state index is 13.3. The van der Waals surface area contributed by atoms with Crippen molar-refractivity contribution in [3.05, 3.63) is 58.6 Å². The van der Waals surface area contributed by atoms with Crippen LogP contribution in [0, 0.1) is 11.3 Å². The van der Waals surface area contributed by atoms with Crippen LogP contribution in [0.25, 0.3) is 0 Å². The van der Waals surface area contributed by atoms with Crippen LogP contribution in [0.15, 0.2) is 42.5 Å². The van der Waals surface area contributed by atoms with E-state index in [1.807, 2.05) is 62.9 Å². The Morgan fingerprint density at radius 1 is 1.03 bits per heavy atom. The molecule has 2 rings (SSSR count). The fourth-order valence-corrected chi connectivity index (χ4v) is 3.67. The molecule has 1 N–H and O–H groups in total. The van der Waals surface area contributed by atoms with Crippen LogP contribution >= 0.6 is 11.6 Å². The quantitative estimate of drug-likeness (QED) is 0.548. The summed E-state index contributed by atoms with van der Waals surface area (Å²) in [4.78, 5) is 30.0. The van der Waals surface area contributed by atoms with Crippen molar-refractivity contribution in [2.75, 3.05) is 24.3 Å². The summed E-state index contributed by atoms with van der Waals surface area (Å²) in [7, 11) is 3.95. The Morgan fingerprint density at radius 3 is 2.19 bits per heavy atom. The predicted molar refractivity (Wildman–Crippen MR) is 134 cm³/mol. The molecule has 0 aromatic heterocycles. The molecule has 0 aliphatic heterocycles. The Kier molecular flexibility index (Phi) is 8.35. The minimum absolute atomic E-state index is 0.0677. The molecule has 0 saturated carbocycles. The number of anilines is 2. The number of hydrogen-bond donors (Lipinski definition) is 1. The second-order valence-corrected chi connectivity index (χ2v) is 10.2. The molecule has 5 nitrogen and oxygen atoms in total. The standard InChI is InChI=1S/C26H36ClN3O2/c1-17(2)18(3)30(25(32)26(4,5)6)16-19-15-20(13-14-23(19)29(7)8)28-24(31)21-11-9-10-12-22(21)27/h9-15,17-18H,16H2,1-8H3,(H,28,31)/t18-/m0/s1. The van der Waals surface area contributed by atoms with Gasteiger partial charge in [0.2, 0.25) is 5.91 Å². The van der Waals surface area contributed by atoms with Crippen molar-refractivity contribution >= 4 is 34.8 Å². The van der Waals surface area contributed by atoms with Gasteiger partial charge in [0, 0.05) is 43.5 Å². The molecular formula is C26H36ClN3O2. The summed E-state index contributed by atoms with van der Waals surface area (Å²) < 4.78 is 0. The van der Waals surface area contributed by atoms with E-state index in [0.29, 0.717) is 28.7 Å². The lowest BCUT2D eigenvalue weighted by Gasteiger charge is -2.37. The van der Waals surface area contributed by atoms with Crippen LogP contribution in [0.4, 0.5) is 11.4 Å². The minimum Gasteiger partial charge on any atom is -0.377 e. The first-order valence-corrected chi connectivity index (χ1v) is 11.4. The molecule has 0 saturated heterocycles. The molecular weight excluding hydrogens is 422 g/mol. The van der Waals surface area contributed by atoms with Gasteiger partial charge in [-0.3, -0.25) is 9.59 Å². The number of nitrogens with zero attached hydrogens (tertiary/aromatic N) is 2. The van der Waals surface area contributed by atoms with Crippen LogP contribution in [-0.4, -0.2) is 36.9 Å². The van der Waals surface area contributed by atoms with Gasteiger partial charge in [0.15, 0.2) is 0 Å². The first-order valence-electron chi connectivity index (χ1n) is 11.0. The Labute approximate surface area is 197 Å². The first kappa shape index (κ1) is 25.7. The number of benzene rings is 2. The summed E-state index contributed by atoms with van der Waals surface area (Å²) in [6.07, 6.45) is 0. The van der Waals surface area contributed by atoms with Gasteiger partial charge < -0.3 is 15.1 Å². The molecule has 6 heteroatoms. The van der Waals surface area contributed by atoms with Crippen LogP contribution in [0.3, 0.4) is 0 Å². The van der Waals surface area contributed by atoms with E-state index < -0.39 is 5.41 Å². The number of hydrogen-bond acceptors (Lipinski definition) is 3. The number of carbonyl (C=O) groups excluding carboxylic acids is 2. The third-order valence-electron chi connectivity index (χ3n) is 5.64. The molecule has 0 heterocycles. The van der Waals surface area contributed by atoms with Crippen LogP contribution < -0.4 is 10.2 Å². The molecule has 32 heavy (non-hydrogen) atoms. The van der Waals surface area contributed by atoms with Crippen molar-refractivity contribution < 1.29 is 9.59 Å². The van der Waals surface area contributed by atoms with Gasteiger partial charge in [0.1, 0.15) is 0 Å². The lowest BCUT2D eigenvalue weighted by Crippen LogP contribution is -2.46. The average molecular weight is 458 g/mol. The second-order valence-electron chi connectivity index (χ2n) is 9.84. The molecule has 2 amide bonds. The highest BCUT2D eigenvalue weighted by Crippen LogP contribution is 2.29. The summed E-state index contributed by atoms with van der Waals surface area (Å²) >= 11 is 6.18. The highest BCUT2D eigenvalue weighted by molar-refractivity contribution is 6.34. The summed E-state index contributed by atoms with van der Waals surface area (Å²) in [5.41, 5.74) is 2.57. The van der Waals surface area contributed by atoms with Crippen molar-refractivity contribution in [1.82, 2.24) is 4.90 Å². The number of carbonyl (C=O) groups is 2. The molecule has 0 unspecified atom stereocenters. The van der Waals surface area contributed by atoms with Crippen LogP contribution in [0.1, 0.15) is 57.5 Å². The fourth-order valence-electron chi connectivity index (χ4n) is 3.44. The molecule has 2 aromatic rings. The van der Waals surface area contributed by atoms with Gasteiger partial charge >= 0.3 is 0 Å². The van der Waals surface area contributed by atoms with E-state index in [-0.39, 0.29) is 17.9 Å². The molecule has 174 valence electrons. The van der Waals surface area contributed by atoms with Gasteiger partial charge in [-0.05, 0) is 48.7 Å². The average Bonchev–Trinajstić information content (AvgIpc) is 2.70. The van der Waals surface area contributed by atoms with E-state index in [9.17, 15) is 9.59 Å². The predicted octanol–water partition coefficient (Wildman–Crippen LogP) is 6.08. The van der Waals surface area contributed by atoms with E-state index in [1.165, 1.54) is 0 Å². The van der Waals surface area contributed by atoms with Gasteiger partial charge in [-0.2, -0.15) is 0 Å². The topological polar surface area (TPSA) is 52.7 Å². The molecule has 0 radical (unpaired) electrons. The maximum Gasteiger partial charge on any atom is 0.257 e. The van der Waals surface area contributed by atoms with Crippen LogP contribution in [0.5, 0.6) is 0 Å². The monoisotopic (exact) mass is 457 g/mol. The van der Waals surface area contributed by atoms with E-state index in [4.69, 9.17) is 11.6 Å². The van der Waals surface area contributed by atoms with Crippen molar-refractivity contribution in [2.24, 2.45) is 11.3 Å². The molecule has 0 aliphatic rings. The van der Waals surface area contributed by atoms with Crippen molar-refractivity contribution in [3.8, 4) is 0 Å². The normalized spacial score (nSPS) is 12.4. The first-order chi connectivity index (χ1) is 14.8. The zero-order chi connectivity index (χ0) is 24.2. The van der Waals surface area contributed by atoms with E-state index >= 15 is 0 Å². The van der Waals surface area contributed by atoms with Gasteiger partial charge in [0.25, 0.3) is 5.91 Å². The molecule has 0 bridgehead atoms. The molecule has 2 aromatic carbocycles. The largest absolute Gasteiger partial charge is 0.377 e. The molecule has 0 spiro atoms. The minimum atomic E-state index is -0.489.